The number of benzene rings is 1. The molecule has 0 amide bonds. The van der Waals surface area contributed by atoms with E-state index < -0.39 is 6.86 Å². The lowest BCUT2D eigenvalue weighted by atomic mass is 10.0. The maximum Gasteiger partial charge on any atom is 0.228 e. The molecule has 7 heteroatoms. The second kappa shape index (κ2) is 8.93. The first-order valence-corrected chi connectivity index (χ1v) is 13.0. The molecule has 3 heterocycles. The number of hydrogen-bond acceptors (Lipinski definition) is 4. The molecular weight excluding hydrogens is 437 g/mol. The minimum Gasteiger partial charge on any atom is -0.462 e. The zero-order valence-corrected chi connectivity index (χ0v) is 20.8. The quantitative estimate of drug-likeness (QED) is 0.309. The van der Waals surface area contributed by atoms with Crippen LogP contribution in [0.3, 0.4) is 0 Å². The first-order chi connectivity index (χ1) is 16.0. The third-order valence-corrected chi connectivity index (χ3v) is 7.92. The van der Waals surface area contributed by atoms with Crippen molar-refractivity contribution in [3.63, 3.8) is 0 Å². The molecule has 0 bridgehead atoms. The van der Waals surface area contributed by atoms with Gasteiger partial charge in [0, 0.05) is 17.9 Å². The zero-order chi connectivity index (χ0) is 23.2. The lowest BCUT2D eigenvalue weighted by Gasteiger charge is -2.39. The van der Waals surface area contributed by atoms with Gasteiger partial charge in [-0.2, -0.15) is 5.10 Å². The second-order valence-corrected chi connectivity index (χ2v) is 10.5. The molecule has 0 radical (unpaired) electrons. The molecular formula is C26H33FN3O2S+. The number of pyridine rings is 1. The first-order valence-electron chi connectivity index (χ1n) is 11.8. The smallest absolute Gasteiger partial charge is 0.228 e. The summed E-state index contributed by atoms with van der Waals surface area (Å²) in [4.78, 5) is 0. The van der Waals surface area contributed by atoms with Crippen molar-refractivity contribution in [2.24, 2.45) is 5.92 Å². The van der Waals surface area contributed by atoms with Crippen molar-refractivity contribution in [1.82, 2.24) is 14.1 Å². The molecule has 0 spiro atoms. The van der Waals surface area contributed by atoms with Gasteiger partial charge in [0.1, 0.15) is 17.3 Å². The monoisotopic (exact) mass is 470 g/mol. The van der Waals surface area contributed by atoms with Gasteiger partial charge in [-0.1, -0.05) is 12.1 Å². The van der Waals surface area contributed by atoms with E-state index in [2.05, 4.69) is 44.5 Å². The topological polar surface area (TPSA) is 35.8 Å². The van der Waals surface area contributed by atoms with E-state index in [1.807, 2.05) is 17.5 Å². The van der Waals surface area contributed by atoms with Crippen molar-refractivity contribution < 1.29 is 13.9 Å². The van der Waals surface area contributed by atoms with Gasteiger partial charge in [-0.05, 0) is 62.3 Å². The molecule has 0 N–H and O–H groups in total. The van der Waals surface area contributed by atoms with Crippen LogP contribution in [0.1, 0.15) is 30.4 Å². The number of alkyl halides is 1. The van der Waals surface area contributed by atoms with Gasteiger partial charge in [0.25, 0.3) is 0 Å². The highest BCUT2D eigenvalue weighted by molar-refractivity contribution is 7.98. The SMILES string of the molecule is CSc1nn2c(-c3c(C)cc(C)cc3OCF)cccc2c1[N+](C)(CC1CC1)C1CCOC1. The molecule has 33 heavy (non-hydrogen) atoms. The Bertz CT molecular complexity index is 1170. The van der Waals surface area contributed by atoms with Gasteiger partial charge in [-0.3, -0.25) is 4.48 Å². The number of likely N-dealkylation sites (N-methyl/N-ethyl adjacent to an activating group) is 1. The number of quaternary nitrogens is 1. The number of fused-ring (bicyclic) bond motifs is 1. The molecule has 3 aromatic rings. The third kappa shape index (κ3) is 4.04. The number of aromatic nitrogens is 2. The van der Waals surface area contributed by atoms with Crippen molar-refractivity contribution in [2.45, 2.75) is 44.2 Å². The molecule has 2 fully saturated rings. The van der Waals surface area contributed by atoms with E-state index in [0.717, 1.165) is 69.5 Å². The Morgan fingerprint density at radius 1 is 1.24 bits per heavy atom. The maximum atomic E-state index is 13.3. The highest BCUT2D eigenvalue weighted by Gasteiger charge is 2.45. The summed E-state index contributed by atoms with van der Waals surface area (Å²) in [5.74, 6) is 1.33. The number of aryl methyl sites for hydroxylation is 2. The van der Waals surface area contributed by atoms with E-state index in [0.29, 0.717) is 11.8 Å². The van der Waals surface area contributed by atoms with Crippen molar-refractivity contribution in [2.75, 3.05) is 39.9 Å². The van der Waals surface area contributed by atoms with E-state index in [9.17, 15) is 4.39 Å². The van der Waals surface area contributed by atoms with Gasteiger partial charge in [0.15, 0.2) is 10.7 Å². The third-order valence-electron chi connectivity index (χ3n) is 7.26. The molecule has 1 aliphatic carbocycles. The summed E-state index contributed by atoms with van der Waals surface area (Å²) >= 11 is 1.70. The highest BCUT2D eigenvalue weighted by Crippen LogP contribution is 2.45. The fourth-order valence-electron chi connectivity index (χ4n) is 5.50. The van der Waals surface area contributed by atoms with E-state index in [1.54, 1.807) is 11.8 Å². The first kappa shape index (κ1) is 22.7. The van der Waals surface area contributed by atoms with Crippen LogP contribution in [0.5, 0.6) is 5.75 Å². The van der Waals surface area contributed by atoms with E-state index in [4.69, 9.17) is 14.6 Å². The molecule has 1 aliphatic heterocycles. The predicted octanol–water partition coefficient (Wildman–Crippen LogP) is 5.78. The molecule has 2 aliphatic rings. The average Bonchev–Trinajstić information content (AvgIpc) is 3.27. The van der Waals surface area contributed by atoms with E-state index in [1.165, 1.54) is 18.5 Å². The second-order valence-electron chi connectivity index (χ2n) is 9.69. The Balaban J connectivity index is 1.73. The van der Waals surface area contributed by atoms with Gasteiger partial charge in [-0.15, -0.1) is 11.8 Å². The molecule has 5 rings (SSSR count). The summed E-state index contributed by atoms with van der Waals surface area (Å²) in [5, 5.41) is 6.16. The Morgan fingerprint density at radius 3 is 2.73 bits per heavy atom. The summed E-state index contributed by atoms with van der Waals surface area (Å²) in [6.45, 7) is 5.94. The summed E-state index contributed by atoms with van der Waals surface area (Å²) < 4.78 is 27.5. The minimum atomic E-state index is -0.857. The minimum absolute atomic E-state index is 0.430. The van der Waals surface area contributed by atoms with Crippen LogP contribution in [-0.4, -0.2) is 55.6 Å². The maximum absolute atomic E-state index is 13.3. The Hall–Kier alpha value is -2.09. The Kier molecular flexibility index (Phi) is 6.14. The van der Waals surface area contributed by atoms with E-state index >= 15 is 0 Å². The number of ether oxygens (including phenoxy) is 2. The van der Waals surface area contributed by atoms with Crippen LogP contribution < -0.4 is 9.22 Å². The fraction of sp³-hybridized carbons (Fsp3) is 0.500. The van der Waals surface area contributed by atoms with Gasteiger partial charge < -0.3 is 9.47 Å². The lowest BCUT2D eigenvalue weighted by Crippen LogP contribution is -2.55. The number of rotatable bonds is 8. The normalized spacial score (nSPS) is 20.3. The van der Waals surface area contributed by atoms with Gasteiger partial charge in [0.05, 0.1) is 32.5 Å². The van der Waals surface area contributed by atoms with Crippen LogP contribution in [0.25, 0.3) is 16.8 Å². The van der Waals surface area contributed by atoms with Crippen molar-refractivity contribution in [3.8, 4) is 17.0 Å². The molecule has 1 saturated heterocycles. The van der Waals surface area contributed by atoms with Crippen LogP contribution >= 0.6 is 11.8 Å². The standard InChI is InChI=1S/C26H33FN3O2S/c1-17-12-18(2)24(23(13-17)32-16-27)21-6-5-7-22-25(26(33-4)28-29(21)22)30(3,14-19-8-9-19)20-10-11-31-15-20/h5-7,12-13,19-20H,8-11,14-16H2,1-4H3/q+1. The number of nitrogens with zero attached hydrogens (tertiary/aromatic N) is 3. The predicted molar refractivity (Wildman–Crippen MR) is 133 cm³/mol. The molecule has 2 unspecified atom stereocenters. The molecule has 1 aromatic carbocycles. The van der Waals surface area contributed by atoms with Crippen molar-refractivity contribution >= 4 is 23.0 Å². The zero-order valence-electron chi connectivity index (χ0n) is 19.9. The molecule has 176 valence electrons. The molecule has 2 atom stereocenters. The Labute approximate surface area is 199 Å². The van der Waals surface area contributed by atoms with Crippen LogP contribution in [-0.2, 0) is 4.74 Å². The Morgan fingerprint density at radius 2 is 2.06 bits per heavy atom. The summed E-state index contributed by atoms with van der Waals surface area (Å²) in [6.07, 6.45) is 5.80. The fourth-order valence-corrected chi connectivity index (χ4v) is 6.17. The van der Waals surface area contributed by atoms with Gasteiger partial charge >= 0.3 is 0 Å². The molecule has 1 saturated carbocycles. The van der Waals surface area contributed by atoms with Crippen LogP contribution in [0, 0.1) is 19.8 Å². The van der Waals surface area contributed by atoms with Crippen molar-refractivity contribution in [3.05, 3.63) is 41.5 Å². The summed E-state index contributed by atoms with van der Waals surface area (Å²) in [6, 6.07) is 10.8. The van der Waals surface area contributed by atoms with Gasteiger partial charge in [-0.25, -0.2) is 8.91 Å². The van der Waals surface area contributed by atoms with Crippen LogP contribution in [0.15, 0.2) is 35.4 Å². The van der Waals surface area contributed by atoms with Crippen LogP contribution in [0.2, 0.25) is 0 Å². The van der Waals surface area contributed by atoms with Crippen molar-refractivity contribution in [1.29, 1.82) is 0 Å². The number of hydrogen-bond donors (Lipinski definition) is 0. The molecule has 5 nitrogen and oxygen atoms in total. The lowest BCUT2D eigenvalue weighted by molar-refractivity contribution is 0.157. The number of thioether (sulfide) groups is 1. The molecule has 2 aromatic heterocycles. The van der Waals surface area contributed by atoms with E-state index in [-0.39, 0.29) is 0 Å². The van der Waals surface area contributed by atoms with Gasteiger partial charge in [0.2, 0.25) is 6.86 Å². The number of halogens is 1. The highest BCUT2D eigenvalue weighted by atomic mass is 32.2. The average molecular weight is 471 g/mol. The summed E-state index contributed by atoms with van der Waals surface area (Å²) in [5.41, 5.74) is 6.31. The van der Waals surface area contributed by atoms with Crippen LogP contribution in [0.4, 0.5) is 10.1 Å². The summed E-state index contributed by atoms with van der Waals surface area (Å²) in [7, 11) is 2.37. The largest absolute Gasteiger partial charge is 0.462 e.